The summed E-state index contributed by atoms with van der Waals surface area (Å²) in [7, 11) is 8.39. The van der Waals surface area contributed by atoms with E-state index in [1.165, 1.54) is 0 Å². The summed E-state index contributed by atoms with van der Waals surface area (Å²) in [5.41, 5.74) is -3.11. The lowest BCUT2D eigenvalue weighted by molar-refractivity contribution is -0.304. The molecule has 1 heterocycles. The molecule has 46 heavy (non-hydrogen) atoms. The average molecular weight is 646 g/mol. The van der Waals surface area contributed by atoms with Crippen molar-refractivity contribution in [2.45, 2.75) is 80.9 Å². The Labute approximate surface area is 271 Å². The van der Waals surface area contributed by atoms with Gasteiger partial charge in [0.2, 0.25) is 0 Å². The highest BCUT2D eigenvalue weighted by Crippen LogP contribution is 2.80. The Morgan fingerprint density at radius 3 is 2.28 bits per heavy atom. The number of rotatable bonds is 11. The van der Waals surface area contributed by atoms with Gasteiger partial charge in [-0.2, -0.15) is 0 Å². The van der Waals surface area contributed by atoms with Crippen LogP contribution in [0.2, 0.25) is 0 Å². The zero-order valence-electron chi connectivity index (χ0n) is 28.1. The van der Waals surface area contributed by atoms with Crippen LogP contribution in [0.25, 0.3) is 0 Å². The van der Waals surface area contributed by atoms with Crippen molar-refractivity contribution in [3.05, 3.63) is 29.8 Å². The number of esters is 1. The van der Waals surface area contributed by atoms with Gasteiger partial charge in [-0.1, -0.05) is 6.92 Å². The van der Waals surface area contributed by atoms with Gasteiger partial charge in [0.05, 0.1) is 49.3 Å². The second-order valence-corrected chi connectivity index (χ2v) is 14.6. The molecule has 7 rings (SSSR count). The Balaban J connectivity index is 1.45. The summed E-state index contributed by atoms with van der Waals surface area (Å²) in [6.45, 7) is 6.38. The number of hydrogen-bond acceptors (Lipinski definition) is 11. The van der Waals surface area contributed by atoms with E-state index in [0.717, 1.165) is 6.54 Å². The van der Waals surface area contributed by atoms with Gasteiger partial charge in [-0.3, -0.25) is 4.90 Å². The van der Waals surface area contributed by atoms with Crippen molar-refractivity contribution in [3.63, 3.8) is 0 Å². The minimum atomic E-state index is -1.46. The maximum atomic E-state index is 13.9. The van der Waals surface area contributed by atoms with Gasteiger partial charge >= 0.3 is 5.97 Å². The number of aliphatic hydroxyl groups excluding tert-OH is 1. The monoisotopic (exact) mass is 645 g/mol. The van der Waals surface area contributed by atoms with E-state index in [1.54, 1.807) is 59.8 Å². The first kappa shape index (κ1) is 32.7. The molecule has 5 aliphatic carbocycles. The average Bonchev–Trinajstić information content (AvgIpc) is 3.43. The smallest absolute Gasteiger partial charge is 0.338 e. The third-order valence-corrected chi connectivity index (χ3v) is 13.5. The van der Waals surface area contributed by atoms with E-state index in [-0.39, 0.29) is 41.9 Å². The number of hydrogen-bond donors (Lipinski definition) is 2. The molecule has 1 unspecified atom stereocenters. The molecule has 11 heteroatoms. The number of likely N-dealkylation sites (tertiary alicyclic amines) is 1. The third-order valence-electron chi connectivity index (χ3n) is 13.5. The molecule has 2 N–H and O–H groups in total. The molecule has 5 saturated carbocycles. The minimum Gasteiger partial charge on any atom is -0.497 e. The van der Waals surface area contributed by atoms with Crippen LogP contribution in [0, 0.1) is 34.5 Å². The van der Waals surface area contributed by atoms with E-state index in [0.29, 0.717) is 50.3 Å². The van der Waals surface area contributed by atoms with Gasteiger partial charge in [-0.05, 0) is 50.1 Å². The van der Waals surface area contributed by atoms with Crippen molar-refractivity contribution in [2.24, 2.45) is 34.5 Å². The summed E-state index contributed by atoms with van der Waals surface area (Å²) < 4.78 is 44.0. The van der Waals surface area contributed by atoms with E-state index >= 15 is 0 Å². The number of carbonyl (C=O) groups excluding carboxylic acids is 1. The van der Waals surface area contributed by atoms with Crippen molar-refractivity contribution in [2.75, 3.05) is 61.9 Å². The minimum absolute atomic E-state index is 0.0152. The van der Waals surface area contributed by atoms with Gasteiger partial charge in [0.15, 0.2) is 0 Å². The maximum absolute atomic E-state index is 13.9. The van der Waals surface area contributed by atoms with Crippen molar-refractivity contribution >= 4 is 5.97 Å². The van der Waals surface area contributed by atoms with E-state index < -0.39 is 46.3 Å². The predicted molar refractivity (Wildman–Crippen MR) is 165 cm³/mol. The predicted octanol–water partition coefficient (Wildman–Crippen LogP) is 2.16. The van der Waals surface area contributed by atoms with E-state index in [1.807, 2.05) is 6.92 Å². The van der Waals surface area contributed by atoms with Crippen molar-refractivity contribution in [3.8, 4) is 5.75 Å². The summed E-state index contributed by atoms with van der Waals surface area (Å²) in [6.07, 6.45) is -1.63. The van der Waals surface area contributed by atoms with Crippen LogP contribution in [0.15, 0.2) is 24.3 Å². The molecule has 11 nitrogen and oxygen atoms in total. The number of piperidine rings is 1. The number of ether oxygens (including phenoxy) is 7. The largest absolute Gasteiger partial charge is 0.497 e. The molecule has 1 aliphatic heterocycles. The lowest BCUT2D eigenvalue weighted by atomic mass is 9.42. The van der Waals surface area contributed by atoms with Crippen molar-refractivity contribution < 1.29 is 48.2 Å². The van der Waals surface area contributed by atoms with Crippen LogP contribution in [0.3, 0.4) is 0 Å². The highest BCUT2D eigenvalue weighted by atomic mass is 16.6. The van der Waals surface area contributed by atoms with Crippen LogP contribution >= 0.6 is 0 Å². The molecule has 6 aliphatic rings. The highest BCUT2D eigenvalue weighted by molar-refractivity contribution is 5.89. The quantitative estimate of drug-likeness (QED) is 0.344. The van der Waals surface area contributed by atoms with Gasteiger partial charge in [-0.15, -0.1) is 0 Å². The van der Waals surface area contributed by atoms with Crippen molar-refractivity contribution in [1.29, 1.82) is 0 Å². The van der Waals surface area contributed by atoms with Gasteiger partial charge < -0.3 is 43.4 Å². The highest BCUT2D eigenvalue weighted by Gasteiger charge is 2.90. The normalized spacial score (nSPS) is 48.4. The molecule has 6 fully saturated rings. The summed E-state index contributed by atoms with van der Waals surface area (Å²) >= 11 is 0. The van der Waals surface area contributed by atoms with Gasteiger partial charge in [-0.25, -0.2) is 4.79 Å². The summed E-state index contributed by atoms with van der Waals surface area (Å²) in [6, 6.07) is 6.79. The van der Waals surface area contributed by atoms with Crippen LogP contribution in [0.4, 0.5) is 0 Å². The van der Waals surface area contributed by atoms with Gasteiger partial charge in [0, 0.05) is 89.1 Å². The molecule has 1 aromatic carbocycles. The Morgan fingerprint density at radius 2 is 1.70 bits per heavy atom. The van der Waals surface area contributed by atoms with Crippen LogP contribution in [-0.4, -0.2) is 131 Å². The Morgan fingerprint density at radius 1 is 0.978 bits per heavy atom. The molecule has 0 amide bonds. The fourth-order valence-corrected chi connectivity index (χ4v) is 12.5. The molecule has 7 bridgehead atoms. The second-order valence-electron chi connectivity index (χ2n) is 14.6. The van der Waals surface area contributed by atoms with Crippen LogP contribution in [-0.2, 0) is 28.4 Å². The third kappa shape index (κ3) is 3.80. The Bertz CT molecular complexity index is 1310. The molecule has 0 radical (unpaired) electrons. The molecule has 14 atom stereocenters. The Hall–Kier alpha value is -1.83. The molecule has 1 aromatic rings. The molecule has 1 spiro atoms. The molecular weight excluding hydrogens is 594 g/mol. The fourth-order valence-electron chi connectivity index (χ4n) is 12.5. The van der Waals surface area contributed by atoms with Gasteiger partial charge in [0.1, 0.15) is 17.5 Å². The number of benzene rings is 1. The molecule has 256 valence electrons. The van der Waals surface area contributed by atoms with Crippen LogP contribution in [0.1, 0.15) is 43.5 Å². The van der Waals surface area contributed by atoms with Crippen molar-refractivity contribution in [1.82, 2.24) is 4.90 Å². The number of nitrogens with zero attached hydrogens (tertiary/aromatic N) is 1. The van der Waals surface area contributed by atoms with E-state index in [9.17, 15) is 15.0 Å². The first-order chi connectivity index (χ1) is 22.1. The second kappa shape index (κ2) is 11.4. The summed E-state index contributed by atoms with van der Waals surface area (Å²) in [4.78, 5) is 16.4. The first-order valence-electron chi connectivity index (χ1n) is 16.8. The number of fused-ring (bicyclic) bond motifs is 2. The van der Waals surface area contributed by atoms with Crippen LogP contribution < -0.4 is 4.74 Å². The zero-order chi connectivity index (χ0) is 32.8. The zero-order valence-corrected chi connectivity index (χ0v) is 28.1. The molecule has 1 saturated heterocycles. The Kier molecular flexibility index (Phi) is 8.08. The SMILES string of the molecule is CCO[C@]12C[C@H](OC)[C@@]3(O)C[C@H]([C@@H]1[C@H]3OC(=O)c1ccc(OC)cc1)[C@@]13C4[C@@H]2[C@H](OC)[C@@H]1[C@](COC)(CN4CC)[C@H](O)C[C@@H]3OC. The summed E-state index contributed by atoms with van der Waals surface area (Å²) in [5.74, 6) is -0.750. The first-order valence-corrected chi connectivity index (χ1v) is 16.8. The van der Waals surface area contributed by atoms with Crippen LogP contribution in [0.5, 0.6) is 5.75 Å². The standard InChI is InChI=1S/C35H51NO10/c1-8-36-17-32(18-40-3)22(37)14-23(42-5)35-21-15-33(39)24(43-6)16-34(45-9-2,26(29(35)36)27(44-7)28(32)35)25(21)30(33)46-31(38)19-10-12-20(41-4)13-11-19/h10-13,21-30,37,39H,8-9,14-18H2,1-7H3/t21-,22-,23+,24+,25-,26+,27+,28-,29?,30-,32+,33+,34-,35+/m1/s1. The number of aliphatic hydroxyl groups is 2. The molecular formula is C35H51NO10. The summed E-state index contributed by atoms with van der Waals surface area (Å²) in [5, 5.41) is 24.9. The van der Waals surface area contributed by atoms with Gasteiger partial charge in [0.25, 0.3) is 0 Å². The maximum Gasteiger partial charge on any atom is 0.338 e. The lowest BCUT2D eigenvalue weighted by Crippen LogP contribution is -2.79. The number of methoxy groups -OCH3 is 5. The van der Waals surface area contributed by atoms with E-state index in [4.69, 9.17) is 33.2 Å². The topological polar surface area (TPSA) is 125 Å². The number of carbonyl (C=O) groups is 1. The fraction of sp³-hybridized carbons (Fsp3) is 0.800. The van der Waals surface area contributed by atoms with E-state index in [2.05, 4.69) is 11.8 Å². The lowest BCUT2D eigenvalue weighted by Gasteiger charge is -2.70. The molecule has 0 aromatic heterocycles.